The van der Waals surface area contributed by atoms with E-state index in [2.05, 4.69) is 4.98 Å². The molecule has 0 spiro atoms. The Hall–Kier alpha value is -2.31. The maximum absolute atomic E-state index is 11.3. The number of nitrogens with two attached hydrogens (primary N) is 2. The minimum atomic E-state index is -0.931. The third-order valence-corrected chi connectivity index (χ3v) is 1.72. The van der Waals surface area contributed by atoms with Crippen molar-refractivity contribution in [3.05, 3.63) is 18.3 Å². The summed E-state index contributed by atoms with van der Waals surface area (Å²) >= 11 is 0. The molecule has 0 bridgehead atoms. The maximum atomic E-state index is 11.3. The molecule has 0 saturated carbocycles. The summed E-state index contributed by atoms with van der Waals surface area (Å²) in [4.78, 5) is 25.5. The van der Waals surface area contributed by atoms with Gasteiger partial charge in [0, 0.05) is 6.20 Å². The highest BCUT2D eigenvalue weighted by molar-refractivity contribution is 5.95. The lowest BCUT2D eigenvalue weighted by molar-refractivity contribution is -0.126. The molecule has 16 heavy (non-hydrogen) atoms. The Kier molecular flexibility index (Phi) is 3.65. The molecule has 1 atom stereocenters. The smallest absolute Gasteiger partial charge is 0.318 e. The van der Waals surface area contributed by atoms with Crippen molar-refractivity contribution in [2.75, 3.05) is 5.73 Å². The minimum Gasteiger partial charge on any atom is -0.477 e. The van der Waals surface area contributed by atoms with Gasteiger partial charge in [-0.2, -0.15) is 0 Å². The van der Waals surface area contributed by atoms with Gasteiger partial charge in [-0.1, -0.05) is 0 Å². The van der Waals surface area contributed by atoms with Gasteiger partial charge in [-0.3, -0.25) is 10.1 Å². The molecule has 1 aromatic rings. The molecular formula is C9H12N4O3. The van der Waals surface area contributed by atoms with Gasteiger partial charge in [-0.25, -0.2) is 9.78 Å². The van der Waals surface area contributed by atoms with E-state index >= 15 is 0 Å². The molecular weight excluding hydrogens is 212 g/mol. The normalized spacial score (nSPS) is 11.6. The Morgan fingerprint density at radius 3 is 2.81 bits per heavy atom. The summed E-state index contributed by atoms with van der Waals surface area (Å²) in [5.74, 6) is -0.202. The third-order valence-electron chi connectivity index (χ3n) is 1.72. The Morgan fingerprint density at radius 2 is 2.25 bits per heavy atom. The minimum absolute atomic E-state index is 0.168. The molecule has 0 radical (unpaired) electrons. The van der Waals surface area contributed by atoms with Crippen LogP contribution < -0.4 is 21.5 Å². The molecule has 0 aliphatic heterocycles. The summed E-state index contributed by atoms with van der Waals surface area (Å²) in [6.07, 6.45) is 0.607. The summed E-state index contributed by atoms with van der Waals surface area (Å²) < 4.78 is 5.20. The van der Waals surface area contributed by atoms with E-state index in [1.807, 2.05) is 5.32 Å². The summed E-state index contributed by atoms with van der Waals surface area (Å²) in [7, 11) is 0. The van der Waals surface area contributed by atoms with Crippen molar-refractivity contribution in [2.24, 2.45) is 5.73 Å². The molecule has 1 aromatic heterocycles. The van der Waals surface area contributed by atoms with Crippen LogP contribution in [0.4, 0.5) is 10.6 Å². The lowest BCUT2D eigenvalue weighted by Crippen LogP contribution is -2.42. The van der Waals surface area contributed by atoms with Gasteiger partial charge in [-0.15, -0.1) is 0 Å². The Morgan fingerprint density at radius 1 is 1.56 bits per heavy atom. The van der Waals surface area contributed by atoms with Gasteiger partial charge >= 0.3 is 6.03 Å². The zero-order valence-corrected chi connectivity index (χ0v) is 8.64. The number of hydrogen-bond donors (Lipinski definition) is 3. The summed E-state index contributed by atoms with van der Waals surface area (Å²) in [6, 6.07) is 2.25. The van der Waals surface area contributed by atoms with Crippen LogP contribution in [0.3, 0.4) is 0 Å². The van der Waals surface area contributed by atoms with E-state index in [-0.39, 0.29) is 11.6 Å². The number of amides is 3. The number of hydrogen-bond acceptors (Lipinski definition) is 5. The van der Waals surface area contributed by atoms with E-state index in [0.717, 1.165) is 0 Å². The zero-order valence-electron chi connectivity index (χ0n) is 8.64. The van der Waals surface area contributed by atoms with E-state index in [1.54, 1.807) is 12.1 Å². The van der Waals surface area contributed by atoms with Crippen molar-refractivity contribution in [3.8, 4) is 5.75 Å². The van der Waals surface area contributed by atoms with Gasteiger partial charge in [0.1, 0.15) is 0 Å². The van der Waals surface area contributed by atoms with Crippen molar-refractivity contribution in [1.82, 2.24) is 10.3 Å². The van der Waals surface area contributed by atoms with Crippen LogP contribution in [0, 0.1) is 0 Å². The van der Waals surface area contributed by atoms with Crippen LogP contribution >= 0.6 is 0 Å². The molecule has 0 aliphatic rings. The van der Waals surface area contributed by atoms with E-state index in [0.29, 0.717) is 0 Å². The number of aromatic nitrogens is 1. The quantitative estimate of drug-likeness (QED) is 0.646. The first-order valence-electron chi connectivity index (χ1n) is 4.48. The lowest BCUT2D eigenvalue weighted by Gasteiger charge is -2.13. The van der Waals surface area contributed by atoms with E-state index in [9.17, 15) is 9.59 Å². The first kappa shape index (κ1) is 11.8. The van der Waals surface area contributed by atoms with Crippen molar-refractivity contribution in [1.29, 1.82) is 0 Å². The lowest BCUT2D eigenvalue weighted by atomic mass is 10.3. The number of ether oxygens (including phenoxy) is 1. The van der Waals surface area contributed by atoms with Crippen LogP contribution in [0.25, 0.3) is 0 Å². The van der Waals surface area contributed by atoms with E-state index in [1.165, 1.54) is 13.1 Å². The number of nitrogens with one attached hydrogen (secondary N) is 1. The molecule has 0 aliphatic carbocycles. The second kappa shape index (κ2) is 4.96. The molecule has 0 fully saturated rings. The van der Waals surface area contributed by atoms with E-state index < -0.39 is 18.0 Å². The maximum Gasteiger partial charge on any atom is 0.318 e. The summed E-state index contributed by atoms with van der Waals surface area (Å²) in [5, 5.41) is 1.90. The average molecular weight is 224 g/mol. The fourth-order valence-corrected chi connectivity index (χ4v) is 0.969. The van der Waals surface area contributed by atoms with Crippen molar-refractivity contribution >= 4 is 17.8 Å². The molecule has 7 heteroatoms. The molecule has 86 valence electrons. The number of carbonyl (C=O) groups excluding carboxylic acids is 2. The van der Waals surface area contributed by atoms with Crippen LogP contribution in [-0.4, -0.2) is 23.0 Å². The zero-order chi connectivity index (χ0) is 12.1. The molecule has 0 saturated heterocycles. The third kappa shape index (κ3) is 3.12. The van der Waals surface area contributed by atoms with E-state index in [4.69, 9.17) is 16.2 Å². The second-order valence-corrected chi connectivity index (χ2v) is 3.00. The van der Waals surface area contributed by atoms with Crippen molar-refractivity contribution in [2.45, 2.75) is 13.0 Å². The predicted octanol–water partition coefficient (Wildman–Crippen LogP) is -0.374. The highest BCUT2D eigenvalue weighted by atomic mass is 16.5. The molecule has 1 unspecified atom stereocenters. The first-order chi connectivity index (χ1) is 7.50. The average Bonchev–Trinajstić information content (AvgIpc) is 2.20. The summed E-state index contributed by atoms with van der Waals surface area (Å²) in [5.41, 5.74) is 10.3. The number of nitrogens with zero attached hydrogens (tertiary/aromatic N) is 1. The van der Waals surface area contributed by atoms with Gasteiger partial charge in [0.25, 0.3) is 5.91 Å². The fourth-order valence-electron chi connectivity index (χ4n) is 0.969. The monoisotopic (exact) mass is 224 g/mol. The van der Waals surface area contributed by atoms with Gasteiger partial charge in [0.15, 0.2) is 17.7 Å². The van der Waals surface area contributed by atoms with Crippen molar-refractivity contribution in [3.63, 3.8) is 0 Å². The first-order valence-corrected chi connectivity index (χ1v) is 4.48. The Bertz CT molecular complexity index is 407. The van der Waals surface area contributed by atoms with Crippen LogP contribution in [0.5, 0.6) is 5.75 Å². The number of nitrogen functional groups attached to an aromatic ring is 1. The Balaban J connectivity index is 2.64. The largest absolute Gasteiger partial charge is 0.477 e. The molecule has 3 amide bonds. The van der Waals surface area contributed by atoms with Gasteiger partial charge in [0.2, 0.25) is 0 Å². The number of rotatable bonds is 3. The summed E-state index contributed by atoms with van der Waals surface area (Å²) in [6.45, 7) is 1.46. The predicted molar refractivity (Wildman–Crippen MR) is 56.5 cm³/mol. The fraction of sp³-hybridized carbons (Fsp3) is 0.222. The number of pyridine rings is 1. The molecule has 1 rings (SSSR count). The van der Waals surface area contributed by atoms with Gasteiger partial charge < -0.3 is 16.2 Å². The van der Waals surface area contributed by atoms with Gasteiger partial charge in [-0.05, 0) is 19.1 Å². The van der Waals surface area contributed by atoms with Crippen LogP contribution in [0.1, 0.15) is 6.92 Å². The SMILES string of the molecule is CC(Oc1cccnc1N)C(=O)NC(N)=O. The Labute approximate surface area is 91.8 Å². The molecule has 5 N–H and O–H groups in total. The number of carbonyl (C=O) groups is 2. The van der Waals surface area contributed by atoms with Crippen molar-refractivity contribution < 1.29 is 14.3 Å². The van der Waals surface area contributed by atoms with Crippen LogP contribution in [0.2, 0.25) is 0 Å². The number of anilines is 1. The van der Waals surface area contributed by atoms with Gasteiger partial charge in [0.05, 0.1) is 0 Å². The van der Waals surface area contributed by atoms with Crippen LogP contribution in [-0.2, 0) is 4.79 Å². The second-order valence-electron chi connectivity index (χ2n) is 3.00. The highest BCUT2D eigenvalue weighted by Crippen LogP contribution is 2.18. The number of imide groups is 1. The molecule has 7 nitrogen and oxygen atoms in total. The number of urea groups is 1. The number of primary amides is 1. The highest BCUT2D eigenvalue weighted by Gasteiger charge is 2.17. The van der Waals surface area contributed by atoms with Crippen LogP contribution in [0.15, 0.2) is 18.3 Å². The standard InChI is InChI=1S/C9H12N4O3/c1-5(8(14)13-9(11)15)16-6-3-2-4-12-7(6)10/h2-5H,1H3,(H2,10,12)(H3,11,13,14,15). The topological polar surface area (TPSA) is 120 Å². The molecule has 0 aromatic carbocycles. The molecule has 1 heterocycles.